The van der Waals surface area contributed by atoms with Gasteiger partial charge in [-0.15, -0.1) is 0 Å². The van der Waals surface area contributed by atoms with Crippen molar-refractivity contribution in [2.75, 3.05) is 12.4 Å². The molecule has 1 heterocycles. The number of fused-ring (bicyclic) bond motifs is 1. The highest BCUT2D eigenvalue weighted by molar-refractivity contribution is 5.97. The molecule has 2 aliphatic carbocycles. The van der Waals surface area contributed by atoms with Crippen LogP contribution in [0.25, 0.3) is 0 Å². The van der Waals surface area contributed by atoms with E-state index < -0.39 is 5.97 Å². The summed E-state index contributed by atoms with van der Waals surface area (Å²) in [4.78, 5) is 36.0. The number of benzene rings is 1. The molecule has 1 aliphatic heterocycles. The molecule has 6 heteroatoms. The molecule has 1 saturated heterocycles. The highest BCUT2D eigenvalue weighted by Gasteiger charge is 2.63. The van der Waals surface area contributed by atoms with Gasteiger partial charge in [-0.05, 0) is 43.0 Å². The van der Waals surface area contributed by atoms with Crippen LogP contribution in [0.4, 0.5) is 5.69 Å². The molecule has 6 nitrogen and oxygen atoms in total. The predicted octanol–water partition coefficient (Wildman–Crippen LogP) is 1.61. The summed E-state index contributed by atoms with van der Waals surface area (Å²) in [5.74, 6) is -0.914. The summed E-state index contributed by atoms with van der Waals surface area (Å²) >= 11 is 0. The Labute approximate surface area is 133 Å². The molecule has 4 rings (SSSR count). The van der Waals surface area contributed by atoms with E-state index >= 15 is 0 Å². The lowest BCUT2D eigenvalue weighted by Gasteiger charge is -2.23. The molecule has 0 radical (unpaired) electrons. The molecule has 1 amide bonds. The molecule has 1 N–H and O–H groups in total. The van der Waals surface area contributed by atoms with Gasteiger partial charge >= 0.3 is 11.9 Å². The second kappa shape index (κ2) is 5.08. The van der Waals surface area contributed by atoms with Crippen LogP contribution in [-0.4, -0.2) is 31.1 Å². The van der Waals surface area contributed by atoms with Gasteiger partial charge in [-0.3, -0.25) is 9.59 Å². The maximum Gasteiger partial charge on any atom is 0.337 e. The number of carbonyl (C=O) groups excluding carboxylic acids is 3. The second-order valence-electron chi connectivity index (χ2n) is 6.48. The summed E-state index contributed by atoms with van der Waals surface area (Å²) in [5.41, 5.74) is 1.03. The number of amides is 1. The molecule has 5 atom stereocenters. The zero-order chi connectivity index (χ0) is 16.1. The molecule has 0 spiro atoms. The first-order chi connectivity index (χ1) is 11.1. The van der Waals surface area contributed by atoms with E-state index in [4.69, 9.17) is 4.74 Å². The van der Waals surface area contributed by atoms with Gasteiger partial charge in [-0.1, -0.05) is 0 Å². The van der Waals surface area contributed by atoms with Gasteiger partial charge < -0.3 is 14.8 Å². The number of hydrogen-bond acceptors (Lipinski definition) is 5. The van der Waals surface area contributed by atoms with Crippen molar-refractivity contribution in [1.29, 1.82) is 0 Å². The molecule has 0 aromatic heterocycles. The first kappa shape index (κ1) is 14.2. The van der Waals surface area contributed by atoms with Crippen LogP contribution in [0.5, 0.6) is 0 Å². The van der Waals surface area contributed by atoms with Crippen LogP contribution in [0.15, 0.2) is 24.3 Å². The maximum atomic E-state index is 12.6. The van der Waals surface area contributed by atoms with Gasteiger partial charge in [0.05, 0.1) is 24.5 Å². The van der Waals surface area contributed by atoms with Crippen LogP contribution < -0.4 is 5.32 Å². The fourth-order valence-electron chi connectivity index (χ4n) is 4.40. The molecule has 120 valence electrons. The monoisotopic (exact) mass is 315 g/mol. The van der Waals surface area contributed by atoms with Gasteiger partial charge in [0.25, 0.3) is 0 Å². The van der Waals surface area contributed by atoms with Crippen LogP contribution in [0.3, 0.4) is 0 Å². The van der Waals surface area contributed by atoms with Crippen molar-refractivity contribution in [3.8, 4) is 0 Å². The van der Waals surface area contributed by atoms with Crippen molar-refractivity contribution in [2.45, 2.75) is 18.9 Å². The Morgan fingerprint density at radius 3 is 2.65 bits per heavy atom. The van der Waals surface area contributed by atoms with Gasteiger partial charge in [0.15, 0.2) is 0 Å². The lowest BCUT2D eigenvalue weighted by molar-refractivity contribution is -0.145. The zero-order valence-corrected chi connectivity index (χ0v) is 12.7. The van der Waals surface area contributed by atoms with Crippen LogP contribution in [0, 0.1) is 23.7 Å². The van der Waals surface area contributed by atoms with E-state index in [1.54, 1.807) is 24.3 Å². The number of carbonyl (C=O) groups is 3. The van der Waals surface area contributed by atoms with E-state index in [1.165, 1.54) is 7.11 Å². The largest absolute Gasteiger partial charge is 0.465 e. The highest BCUT2D eigenvalue weighted by Crippen LogP contribution is 2.57. The molecule has 1 aromatic rings. The minimum Gasteiger partial charge on any atom is -0.465 e. The molecule has 0 unspecified atom stereocenters. The van der Waals surface area contributed by atoms with E-state index in [0.29, 0.717) is 11.3 Å². The molecule has 1 aromatic carbocycles. The van der Waals surface area contributed by atoms with Gasteiger partial charge in [-0.2, -0.15) is 0 Å². The van der Waals surface area contributed by atoms with Crippen molar-refractivity contribution in [3.05, 3.63) is 29.8 Å². The van der Waals surface area contributed by atoms with Crippen molar-refractivity contribution >= 4 is 23.5 Å². The standard InChI is InChI=1S/C17H17NO5/c1-22-16(20)8-2-4-10(5-3-8)18-15(19)13-9-6-11-12(7-9)23-17(21)14(11)13/h2-5,9,11-14H,6-7H2,1H3,(H,18,19)/t9-,11+,12+,13-,14-/m1/s1. The molecule has 2 saturated carbocycles. The minimum atomic E-state index is -0.421. The van der Waals surface area contributed by atoms with E-state index in [9.17, 15) is 14.4 Å². The first-order valence-electron chi connectivity index (χ1n) is 7.78. The number of rotatable bonds is 3. The summed E-state index contributed by atoms with van der Waals surface area (Å²) in [6.45, 7) is 0. The highest BCUT2D eigenvalue weighted by atomic mass is 16.6. The fraction of sp³-hybridized carbons (Fsp3) is 0.471. The summed E-state index contributed by atoms with van der Waals surface area (Å²) in [6.07, 6.45) is 1.73. The van der Waals surface area contributed by atoms with E-state index in [0.717, 1.165) is 12.8 Å². The number of esters is 2. The number of nitrogens with one attached hydrogen (secondary N) is 1. The van der Waals surface area contributed by atoms with Crippen LogP contribution in [0.2, 0.25) is 0 Å². The Balaban J connectivity index is 1.48. The van der Waals surface area contributed by atoms with Crippen molar-refractivity contribution < 1.29 is 23.9 Å². The Hall–Kier alpha value is -2.37. The van der Waals surface area contributed by atoms with Crippen molar-refractivity contribution in [3.63, 3.8) is 0 Å². The number of ether oxygens (including phenoxy) is 2. The third kappa shape index (κ3) is 2.12. The topological polar surface area (TPSA) is 81.7 Å². The molecular formula is C17H17NO5. The molecule has 3 aliphatic rings. The minimum absolute atomic E-state index is 0.0286. The van der Waals surface area contributed by atoms with E-state index in [-0.39, 0.29) is 41.7 Å². The molecular weight excluding hydrogens is 298 g/mol. The number of anilines is 1. The average molecular weight is 315 g/mol. The third-order valence-electron chi connectivity index (χ3n) is 5.36. The Kier molecular flexibility index (Phi) is 3.14. The average Bonchev–Trinajstić information content (AvgIpc) is 3.16. The Bertz CT molecular complexity index is 681. The molecule has 23 heavy (non-hydrogen) atoms. The lowest BCUT2D eigenvalue weighted by Crippen LogP contribution is -2.35. The summed E-state index contributed by atoms with van der Waals surface area (Å²) in [6, 6.07) is 6.52. The Morgan fingerprint density at radius 2 is 1.96 bits per heavy atom. The zero-order valence-electron chi connectivity index (χ0n) is 12.7. The predicted molar refractivity (Wildman–Crippen MR) is 79.5 cm³/mol. The third-order valence-corrected chi connectivity index (χ3v) is 5.36. The number of methoxy groups -OCH3 is 1. The van der Waals surface area contributed by atoms with Crippen molar-refractivity contribution in [1.82, 2.24) is 0 Å². The SMILES string of the molecule is COC(=O)c1ccc(NC(=O)[C@@H]2[C@@H]3C[C@@H]4[C@H]2C(=O)O[C@H]4C3)cc1. The van der Waals surface area contributed by atoms with E-state index in [1.807, 2.05) is 0 Å². The lowest BCUT2D eigenvalue weighted by atomic mass is 9.79. The number of hydrogen-bond donors (Lipinski definition) is 1. The van der Waals surface area contributed by atoms with Gasteiger partial charge in [0, 0.05) is 11.6 Å². The Morgan fingerprint density at radius 1 is 1.22 bits per heavy atom. The van der Waals surface area contributed by atoms with Crippen LogP contribution in [-0.2, 0) is 19.1 Å². The summed E-state index contributed by atoms with van der Waals surface area (Å²) < 4.78 is 9.99. The maximum absolute atomic E-state index is 12.6. The summed E-state index contributed by atoms with van der Waals surface area (Å²) in [7, 11) is 1.32. The normalized spacial score (nSPS) is 33.4. The second-order valence-corrected chi connectivity index (χ2v) is 6.48. The van der Waals surface area contributed by atoms with Crippen molar-refractivity contribution in [2.24, 2.45) is 23.7 Å². The smallest absolute Gasteiger partial charge is 0.337 e. The fourth-order valence-corrected chi connectivity index (χ4v) is 4.40. The molecule has 2 bridgehead atoms. The quantitative estimate of drug-likeness (QED) is 0.857. The van der Waals surface area contributed by atoms with Gasteiger partial charge in [0.1, 0.15) is 6.10 Å². The first-order valence-corrected chi connectivity index (χ1v) is 7.78. The van der Waals surface area contributed by atoms with Gasteiger partial charge in [-0.25, -0.2) is 4.79 Å². The van der Waals surface area contributed by atoms with Crippen LogP contribution in [0.1, 0.15) is 23.2 Å². The van der Waals surface area contributed by atoms with E-state index in [2.05, 4.69) is 10.1 Å². The molecule has 3 fully saturated rings. The van der Waals surface area contributed by atoms with Gasteiger partial charge in [0.2, 0.25) is 5.91 Å². The summed E-state index contributed by atoms with van der Waals surface area (Å²) in [5, 5.41) is 2.86. The van der Waals surface area contributed by atoms with Crippen LogP contribution >= 0.6 is 0 Å².